The molecule has 29 heavy (non-hydrogen) atoms. The molecule has 0 radical (unpaired) electrons. The van der Waals surface area contributed by atoms with Crippen LogP contribution in [0.25, 0.3) is 0 Å². The van der Waals surface area contributed by atoms with Gasteiger partial charge in [0.05, 0.1) is 10.6 Å². The Balaban J connectivity index is 1.92. The van der Waals surface area contributed by atoms with Crippen LogP contribution in [0.15, 0.2) is 77.7 Å². The number of halogens is 2. The number of aryl methyl sites for hydroxylation is 1. The zero-order valence-electron chi connectivity index (χ0n) is 15.5. The first-order valence-electron chi connectivity index (χ1n) is 8.67. The summed E-state index contributed by atoms with van der Waals surface area (Å²) in [5.74, 6) is -0.435. The largest absolute Gasteiger partial charge is 0.324 e. The minimum atomic E-state index is -3.96. The Hall–Kier alpha value is -2.10. The van der Waals surface area contributed by atoms with Crippen LogP contribution >= 0.6 is 34.2 Å². The van der Waals surface area contributed by atoms with E-state index in [1.807, 2.05) is 19.1 Å². The lowest BCUT2D eigenvalue weighted by Crippen LogP contribution is -2.38. The zero-order chi connectivity index (χ0) is 21.0. The summed E-state index contributed by atoms with van der Waals surface area (Å²) >= 11 is 8.08. The number of hydrogen-bond acceptors (Lipinski definition) is 3. The summed E-state index contributed by atoms with van der Waals surface area (Å²) in [5.41, 5.74) is 1.95. The molecule has 0 bridgehead atoms. The third kappa shape index (κ3) is 5.29. The van der Waals surface area contributed by atoms with Crippen LogP contribution in [0.4, 0.5) is 11.4 Å². The van der Waals surface area contributed by atoms with E-state index in [4.69, 9.17) is 11.6 Å². The maximum Gasteiger partial charge on any atom is 0.264 e. The summed E-state index contributed by atoms with van der Waals surface area (Å²) in [6.07, 6.45) is 0. The molecule has 0 saturated carbocycles. The van der Waals surface area contributed by atoms with Crippen molar-refractivity contribution >= 4 is 61.5 Å². The van der Waals surface area contributed by atoms with E-state index in [1.54, 1.807) is 36.4 Å². The second-order valence-electron chi connectivity index (χ2n) is 6.31. The van der Waals surface area contributed by atoms with Crippen molar-refractivity contribution in [1.82, 2.24) is 0 Å². The van der Waals surface area contributed by atoms with Gasteiger partial charge in [0.2, 0.25) is 5.91 Å². The molecule has 0 fully saturated rings. The van der Waals surface area contributed by atoms with Gasteiger partial charge in [-0.25, -0.2) is 8.42 Å². The van der Waals surface area contributed by atoms with Gasteiger partial charge in [-0.2, -0.15) is 0 Å². The molecule has 0 aliphatic carbocycles. The number of para-hydroxylation sites is 1. The smallest absolute Gasteiger partial charge is 0.264 e. The molecule has 3 aromatic carbocycles. The first-order chi connectivity index (χ1) is 13.8. The molecule has 0 atom stereocenters. The first-order valence-corrected chi connectivity index (χ1v) is 11.6. The van der Waals surface area contributed by atoms with E-state index in [0.717, 1.165) is 13.4 Å². The van der Waals surface area contributed by atoms with E-state index in [1.165, 1.54) is 24.3 Å². The number of amides is 1. The highest BCUT2D eigenvalue weighted by Crippen LogP contribution is 2.25. The highest BCUT2D eigenvalue weighted by atomic mass is 127. The molecular weight excluding hydrogens is 523 g/mol. The second-order valence-corrected chi connectivity index (χ2v) is 9.85. The minimum Gasteiger partial charge on any atom is -0.324 e. The van der Waals surface area contributed by atoms with Gasteiger partial charge in [-0.15, -0.1) is 0 Å². The fourth-order valence-corrected chi connectivity index (χ4v) is 4.92. The molecule has 1 amide bonds. The number of nitrogens with one attached hydrogen (secondary N) is 1. The molecule has 0 unspecified atom stereocenters. The fraction of sp³-hybridized carbons (Fsp3) is 0.0952. The highest BCUT2D eigenvalue weighted by molar-refractivity contribution is 14.1. The Morgan fingerprint density at radius 2 is 1.69 bits per heavy atom. The van der Waals surface area contributed by atoms with Crippen molar-refractivity contribution in [2.75, 3.05) is 16.2 Å². The van der Waals surface area contributed by atoms with Crippen molar-refractivity contribution in [3.8, 4) is 0 Å². The monoisotopic (exact) mass is 540 g/mol. The van der Waals surface area contributed by atoms with Crippen molar-refractivity contribution in [1.29, 1.82) is 0 Å². The molecule has 0 spiro atoms. The SMILES string of the molecule is Cc1cc(I)ccc1NC(=O)CN(c1ccccc1)S(=O)(=O)c1ccc(Cl)cc1. The van der Waals surface area contributed by atoms with Gasteiger partial charge in [-0.05, 0) is 89.7 Å². The molecule has 0 saturated heterocycles. The van der Waals surface area contributed by atoms with Gasteiger partial charge in [0.1, 0.15) is 6.54 Å². The van der Waals surface area contributed by atoms with E-state index in [-0.39, 0.29) is 11.4 Å². The van der Waals surface area contributed by atoms with Gasteiger partial charge >= 0.3 is 0 Å². The zero-order valence-corrected chi connectivity index (χ0v) is 19.2. The van der Waals surface area contributed by atoms with Gasteiger partial charge in [0.25, 0.3) is 10.0 Å². The first kappa shape index (κ1) is 21.6. The molecule has 0 aromatic heterocycles. The van der Waals surface area contributed by atoms with Gasteiger partial charge in [0.15, 0.2) is 0 Å². The number of hydrogen-bond donors (Lipinski definition) is 1. The maximum absolute atomic E-state index is 13.2. The lowest BCUT2D eigenvalue weighted by Gasteiger charge is -2.24. The summed E-state index contributed by atoms with van der Waals surface area (Å²) in [5, 5.41) is 3.23. The average molecular weight is 541 g/mol. The molecule has 3 aromatic rings. The Kier molecular flexibility index (Phi) is 6.81. The fourth-order valence-electron chi connectivity index (χ4n) is 2.73. The molecule has 8 heteroatoms. The van der Waals surface area contributed by atoms with Crippen molar-refractivity contribution in [2.45, 2.75) is 11.8 Å². The Bertz CT molecular complexity index is 1120. The van der Waals surface area contributed by atoms with Crippen LogP contribution in [-0.2, 0) is 14.8 Å². The third-order valence-electron chi connectivity index (χ3n) is 4.20. The van der Waals surface area contributed by atoms with E-state index in [0.29, 0.717) is 16.4 Å². The van der Waals surface area contributed by atoms with Crippen LogP contribution in [0.1, 0.15) is 5.56 Å². The summed E-state index contributed by atoms with van der Waals surface area (Å²) in [4.78, 5) is 12.8. The number of benzene rings is 3. The van der Waals surface area contributed by atoms with Crippen LogP contribution in [-0.4, -0.2) is 20.9 Å². The summed E-state index contributed by atoms with van der Waals surface area (Å²) in [7, 11) is -3.96. The molecule has 0 heterocycles. The lowest BCUT2D eigenvalue weighted by molar-refractivity contribution is -0.114. The highest BCUT2D eigenvalue weighted by Gasteiger charge is 2.27. The Labute approximate surface area is 188 Å². The van der Waals surface area contributed by atoms with E-state index in [2.05, 4.69) is 27.9 Å². The van der Waals surface area contributed by atoms with E-state index < -0.39 is 15.9 Å². The van der Waals surface area contributed by atoms with Crippen LogP contribution in [0.2, 0.25) is 5.02 Å². The molecule has 150 valence electrons. The van der Waals surface area contributed by atoms with Crippen LogP contribution in [0.5, 0.6) is 0 Å². The second kappa shape index (κ2) is 9.15. The molecular formula is C21H18ClIN2O3S. The van der Waals surface area contributed by atoms with Crippen LogP contribution in [0.3, 0.4) is 0 Å². The van der Waals surface area contributed by atoms with E-state index in [9.17, 15) is 13.2 Å². The summed E-state index contributed by atoms with van der Waals surface area (Å²) < 4.78 is 28.6. The molecule has 3 rings (SSSR count). The van der Waals surface area contributed by atoms with Crippen LogP contribution < -0.4 is 9.62 Å². The predicted molar refractivity (Wildman–Crippen MR) is 125 cm³/mol. The van der Waals surface area contributed by atoms with Gasteiger partial charge in [-0.1, -0.05) is 29.8 Å². The normalized spacial score (nSPS) is 11.1. The van der Waals surface area contributed by atoms with Gasteiger partial charge in [0, 0.05) is 14.3 Å². The number of sulfonamides is 1. The topological polar surface area (TPSA) is 66.5 Å². The molecule has 5 nitrogen and oxygen atoms in total. The van der Waals surface area contributed by atoms with Crippen molar-refractivity contribution in [3.05, 3.63) is 87.0 Å². The maximum atomic E-state index is 13.2. The number of carbonyl (C=O) groups excluding carboxylic acids is 1. The molecule has 1 N–H and O–H groups in total. The number of nitrogens with zero attached hydrogens (tertiary/aromatic N) is 1. The summed E-state index contributed by atoms with van der Waals surface area (Å²) in [6, 6.07) is 20.0. The van der Waals surface area contributed by atoms with Crippen molar-refractivity contribution < 1.29 is 13.2 Å². The predicted octanol–water partition coefficient (Wildman–Crippen LogP) is 5.09. The quantitative estimate of drug-likeness (QED) is 0.443. The number of rotatable bonds is 6. The number of anilines is 2. The van der Waals surface area contributed by atoms with Crippen molar-refractivity contribution in [3.63, 3.8) is 0 Å². The van der Waals surface area contributed by atoms with E-state index >= 15 is 0 Å². The van der Waals surface area contributed by atoms with Crippen molar-refractivity contribution in [2.24, 2.45) is 0 Å². The van der Waals surface area contributed by atoms with Gasteiger partial charge < -0.3 is 5.32 Å². The summed E-state index contributed by atoms with van der Waals surface area (Å²) in [6.45, 7) is 1.53. The lowest BCUT2D eigenvalue weighted by atomic mass is 10.2. The van der Waals surface area contributed by atoms with Gasteiger partial charge in [-0.3, -0.25) is 9.10 Å². The minimum absolute atomic E-state index is 0.0593. The third-order valence-corrected chi connectivity index (χ3v) is 6.91. The molecule has 0 aliphatic heterocycles. The molecule has 0 aliphatic rings. The Morgan fingerprint density at radius 1 is 1.03 bits per heavy atom. The number of carbonyl (C=O) groups is 1. The van der Waals surface area contributed by atoms with Crippen LogP contribution in [0, 0.1) is 10.5 Å². The Morgan fingerprint density at radius 3 is 2.31 bits per heavy atom. The average Bonchev–Trinajstić information content (AvgIpc) is 2.69. The standard InChI is InChI=1S/C21H18ClIN2O3S/c1-15-13-17(23)9-12-20(15)24-21(26)14-25(18-5-3-2-4-6-18)29(27,28)19-10-7-16(22)8-11-19/h2-13H,14H2,1H3,(H,24,26).